The van der Waals surface area contributed by atoms with Crippen molar-refractivity contribution in [3.8, 4) is 0 Å². The largest absolute Gasteiger partial charge is 0.378 e. The fraction of sp³-hybridized carbons (Fsp3) is 0.308. The van der Waals surface area contributed by atoms with Crippen LogP contribution in [-0.4, -0.2) is 48.0 Å². The van der Waals surface area contributed by atoms with E-state index in [0.29, 0.717) is 37.1 Å². The Morgan fingerprint density at radius 2 is 2.10 bits per heavy atom. The summed E-state index contributed by atoms with van der Waals surface area (Å²) in [5.41, 5.74) is 0. The molecule has 1 saturated heterocycles. The molecule has 1 aliphatic heterocycles. The van der Waals surface area contributed by atoms with Gasteiger partial charge in [-0.3, -0.25) is 9.59 Å². The van der Waals surface area contributed by atoms with Crippen molar-refractivity contribution in [1.82, 2.24) is 9.88 Å². The van der Waals surface area contributed by atoms with Crippen LogP contribution in [0.2, 0.25) is 5.02 Å². The lowest BCUT2D eigenvalue weighted by Crippen LogP contribution is -2.39. The van der Waals surface area contributed by atoms with Crippen LogP contribution in [0.25, 0.3) is 0 Å². The van der Waals surface area contributed by atoms with Crippen molar-refractivity contribution in [3.05, 3.63) is 35.5 Å². The van der Waals surface area contributed by atoms with Gasteiger partial charge in [-0.15, -0.1) is 0 Å². The van der Waals surface area contributed by atoms with Gasteiger partial charge in [0.15, 0.2) is 0 Å². The Balaban J connectivity index is 1.87. The first-order valence-electron chi connectivity index (χ1n) is 6.12. The standard InChI is InChI=1S/C13H14ClN3O3/c14-10-3-4-15-11(9-10)16-12(18)1-2-13(19)17-5-7-20-8-6-17/h1-4,9H,5-8H2,(H,15,16,18). The fourth-order valence-corrected chi connectivity index (χ4v) is 1.84. The van der Waals surface area contributed by atoms with Gasteiger partial charge in [-0.25, -0.2) is 4.98 Å². The van der Waals surface area contributed by atoms with Crippen LogP contribution in [0.4, 0.5) is 5.82 Å². The van der Waals surface area contributed by atoms with E-state index in [1.807, 2.05) is 0 Å². The van der Waals surface area contributed by atoms with E-state index < -0.39 is 5.91 Å². The van der Waals surface area contributed by atoms with Gasteiger partial charge in [0.05, 0.1) is 13.2 Å². The molecule has 1 aromatic rings. The molecule has 2 amide bonds. The second-order valence-corrected chi connectivity index (χ2v) is 4.56. The minimum atomic E-state index is -0.429. The number of nitrogens with zero attached hydrogens (tertiary/aromatic N) is 2. The second-order valence-electron chi connectivity index (χ2n) is 4.12. The molecule has 6 nitrogen and oxygen atoms in total. The maximum atomic E-state index is 11.8. The lowest BCUT2D eigenvalue weighted by Gasteiger charge is -2.25. The average molecular weight is 296 g/mol. The van der Waals surface area contributed by atoms with Crippen LogP contribution in [-0.2, 0) is 14.3 Å². The van der Waals surface area contributed by atoms with E-state index in [2.05, 4.69) is 10.3 Å². The van der Waals surface area contributed by atoms with Gasteiger partial charge in [0.2, 0.25) is 11.8 Å². The van der Waals surface area contributed by atoms with E-state index in [-0.39, 0.29) is 5.91 Å². The lowest BCUT2D eigenvalue weighted by molar-refractivity contribution is -0.130. The highest BCUT2D eigenvalue weighted by atomic mass is 35.5. The van der Waals surface area contributed by atoms with Gasteiger partial charge in [0.25, 0.3) is 0 Å². The molecule has 1 aliphatic rings. The smallest absolute Gasteiger partial charge is 0.249 e. The molecule has 2 rings (SSSR count). The monoisotopic (exact) mass is 295 g/mol. The summed E-state index contributed by atoms with van der Waals surface area (Å²) in [6, 6.07) is 3.13. The minimum Gasteiger partial charge on any atom is -0.378 e. The normalized spacial score (nSPS) is 15.3. The van der Waals surface area contributed by atoms with Crippen molar-refractivity contribution in [2.45, 2.75) is 0 Å². The van der Waals surface area contributed by atoms with Gasteiger partial charge in [0.1, 0.15) is 5.82 Å². The number of hydrogen-bond acceptors (Lipinski definition) is 4. The van der Waals surface area contributed by atoms with Crippen molar-refractivity contribution in [2.24, 2.45) is 0 Å². The number of rotatable bonds is 3. The first kappa shape index (κ1) is 14.5. The summed E-state index contributed by atoms with van der Waals surface area (Å²) in [5, 5.41) is 3.00. The molecule has 0 unspecified atom stereocenters. The van der Waals surface area contributed by atoms with Gasteiger partial charge in [-0.05, 0) is 12.1 Å². The summed E-state index contributed by atoms with van der Waals surface area (Å²) in [7, 11) is 0. The third-order valence-corrected chi connectivity index (χ3v) is 2.91. The SMILES string of the molecule is O=C(C=CC(=O)N1CCOCC1)Nc1cc(Cl)ccn1. The number of anilines is 1. The molecule has 2 heterocycles. The van der Waals surface area contributed by atoms with Crippen LogP contribution < -0.4 is 5.32 Å². The number of carbonyl (C=O) groups is 2. The second kappa shape index (κ2) is 7.02. The van der Waals surface area contributed by atoms with E-state index in [0.717, 1.165) is 0 Å². The molecule has 106 valence electrons. The number of carbonyl (C=O) groups excluding carboxylic acids is 2. The zero-order chi connectivity index (χ0) is 14.4. The minimum absolute atomic E-state index is 0.206. The summed E-state index contributed by atoms with van der Waals surface area (Å²) in [4.78, 5) is 29.0. The summed E-state index contributed by atoms with van der Waals surface area (Å²) in [6.07, 6.45) is 3.91. The van der Waals surface area contributed by atoms with Gasteiger partial charge in [-0.1, -0.05) is 11.6 Å². The Morgan fingerprint density at radius 1 is 1.35 bits per heavy atom. The fourth-order valence-electron chi connectivity index (χ4n) is 1.68. The number of pyridine rings is 1. The first-order chi connectivity index (χ1) is 9.65. The van der Waals surface area contributed by atoms with Gasteiger partial charge in [-0.2, -0.15) is 0 Å². The summed E-state index contributed by atoms with van der Waals surface area (Å²) in [6.45, 7) is 2.14. The molecule has 1 aromatic heterocycles. The molecule has 1 fully saturated rings. The van der Waals surface area contributed by atoms with Crippen molar-refractivity contribution in [2.75, 3.05) is 31.6 Å². The number of morpholine rings is 1. The van der Waals surface area contributed by atoms with Crippen LogP contribution in [0, 0.1) is 0 Å². The predicted octanol–water partition coefficient (Wildman–Crippen LogP) is 1.09. The van der Waals surface area contributed by atoms with Crippen molar-refractivity contribution in [1.29, 1.82) is 0 Å². The molecule has 0 saturated carbocycles. The molecule has 0 aromatic carbocycles. The Morgan fingerprint density at radius 3 is 2.80 bits per heavy atom. The molecule has 0 radical (unpaired) electrons. The van der Waals surface area contributed by atoms with E-state index in [1.54, 1.807) is 11.0 Å². The predicted molar refractivity (Wildman–Crippen MR) is 74.4 cm³/mol. The molecule has 1 N–H and O–H groups in total. The molecule has 20 heavy (non-hydrogen) atoms. The highest BCUT2D eigenvalue weighted by Gasteiger charge is 2.14. The Bertz CT molecular complexity index is 527. The molecule has 0 atom stereocenters. The van der Waals surface area contributed by atoms with Crippen molar-refractivity contribution < 1.29 is 14.3 Å². The summed E-state index contributed by atoms with van der Waals surface area (Å²) in [5.74, 6) is -0.296. The molecule has 0 spiro atoms. The van der Waals surface area contributed by atoms with Crippen LogP contribution in [0.1, 0.15) is 0 Å². The topological polar surface area (TPSA) is 71.5 Å². The number of nitrogens with one attached hydrogen (secondary N) is 1. The Hall–Kier alpha value is -1.92. The van der Waals surface area contributed by atoms with E-state index >= 15 is 0 Å². The quantitative estimate of drug-likeness (QED) is 0.847. The van der Waals surface area contributed by atoms with Gasteiger partial charge >= 0.3 is 0 Å². The maximum Gasteiger partial charge on any atom is 0.249 e. The third kappa shape index (κ3) is 4.32. The van der Waals surface area contributed by atoms with E-state index in [4.69, 9.17) is 16.3 Å². The highest BCUT2D eigenvalue weighted by molar-refractivity contribution is 6.30. The Kier molecular flexibility index (Phi) is 5.09. The number of amides is 2. The molecular weight excluding hydrogens is 282 g/mol. The molecule has 0 bridgehead atoms. The van der Waals surface area contributed by atoms with Crippen molar-refractivity contribution >= 4 is 29.2 Å². The molecular formula is C13H14ClN3O3. The molecule has 7 heteroatoms. The Labute approximate surface area is 121 Å². The van der Waals surface area contributed by atoms with Crippen molar-refractivity contribution in [3.63, 3.8) is 0 Å². The third-order valence-electron chi connectivity index (χ3n) is 2.67. The zero-order valence-corrected chi connectivity index (χ0v) is 11.5. The van der Waals surface area contributed by atoms with Crippen LogP contribution in [0.3, 0.4) is 0 Å². The zero-order valence-electron chi connectivity index (χ0n) is 10.7. The first-order valence-corrected chi connectivity index (χ1v) is 6.50. The average Bonchev–Trinajstić information content (AvgIpc) is 2.46. The number of aromatic nitrogens is 1. The highest BCUT2D eigenvalue weighted by Crippen LogP contribution is 2.11. The van der Waals surface area contributed by atoms with E-state index in [9.17, 15) is 9.59 Å². The maximum absolute atomic E-state index is 11.8. The number of hydrogen-bond donors (Lipinski definition) is 1. The number of halogens is 1. The van der Waals surface area contributed by atoms with Crippen LogP contribution in [0.5, 0.6) is 0 Å². The van der Waals surface area contributed by atoms with Gasteiger partial charge < -0.3 is 15.0 Å². The van der Waals surface area contributed by atoms with Gasteiger partial charge in [0, 0.05) is 36.5 Å². The van der Waals surface area contributed by atoms with E-state index in [1.165, 1.54) is 24.4 Å². The molecule has 0 aliphatic carbocycles. The lowest BCUT2D eigenvalue weighted by atomic mass is 10.3. The van der Waals surface area contributed by atoms with Crippen LogP contribution in [0.15, 0.2) is 30.5 Å². The summed E-state index contributed by atoms with van der Waals surface area (Å²) < 4.78 is 5.15. The van der Waals surface area contributed by atoms with Crippen LogP contribution >= 0.6 is 11.6 Å². The number of ether oxygens (including phenoxy) is 1. The summed E-state index contributed by atoms with van der Waals surface area (Å²) >= 11 is 5.78.